The SMILES string of the molecule is COC(=O)C(C=Nc1cccc(C(=O)O)c1Cl)=C(C)O. The van der Waals surface area contributed by atoms with Gasteiger partial charge in [-0.3, -0.25) is 4.99 Å². The van der Waals surface area contributed by atoms with Crippen molar-refractivity contribution in [2.75, 3.05) is 7.11 Å². The number of allylic oxidation sites excluding steroid dienone is 1. The lowest BCUT2D eigenvalue weighted by atomic mass is 10.2. The molecule has 0 fully saturated rings. The number of nitrogens with zero attached hydrogens (tertiary/aromatic N) is 1. The third kappa shape index (κ3) is 3.58. The second-order valence-electron chi connectivity index (χ2n) is 3.69. The summed E-state index contributed by atoms with van der Waals surface area (Å²) in [6, 6.07) is 4.28. The molecule has 0 saturated heterocycles. The molecule has 0 unspecified atom stereocenters. The molecule has 6 nitrogen and oxygen atoms in total. The van der Waals surface area contributed by atoms with Crippen LogP contribution in [0.25, 0.3) is 0 Å². The van der Waals surface area contributed by atoms with Crippen LogP contribution < -0.4 is 0 Å². The Hall–Kier alpha value is -2.34. The number of esters is 1. The van der Waals surface area contributed by atoms with Gasteiger partial charge in [0.05, 0.1) is 23.4 Å². The average molecular weight is 298 g/mol. The summed E-state index contributed by atoms with van der Waals surface area (Å²) in [5, 5.41) is 18.2. The normalized spacial score (nSPS) is 12.2. The lowest BCUT2D eigenvalue weighted by molar-refractivity contribution is -0.135. The van der Waals surface area contributed by atoms with Gasteiger partial charge in [0.1, 0.15) is 11.3 Å². The molecule has 0 atom stereocenters. The molecule has 0 aromatic heterocycles. The van der Waals surface area contributed by atoms with Gasteiger partial charge in [-0.1, -0.05) is 17.7 Å². The summed E-state index contributed by atoms with van der Waals surface area (Å²) < 4.78 is 4.48. The van der Waals surface area contributed by atoms with Crippen molar-refractivity contribution < 1.29 is 24.5 Å². The molecular weight excluding hydrogens is 286 g/mol. The molecule has 7 heteroatoms. The lowest BCUT2D eigenvalue weighted by Gasteiger charge is -2.03. The number of benzene rings is 1. The van der Waals surface area contributed by atoms with Crippen molar-refractivity contribution in [3.05, 3.63) is 40.1 Å². The van der Waals surface area contributed by atoms with Gasteiger partial charge in [-0.2, -0.15) is 0 Å². The summed E-state index contributed by atoms with van der Waals surface area (Å²) in [7, 11) is 1.16. The molecule has 0 radical (unpaired) electrons. The first-order valence-electron chi connectivity index (χ1n) is 5.42. The number of carbonyl (C=O) groups excluding carboxylic acids is 1. The van der Waals surface area contributed by atoms with E-state index in [0.29, 0.717) is 0 Å². The zero-order valence-corrected chi connectivity index (χ0v) is 11.5. The number of methoxy groups -OCH3 is 1. The Labute approximate surface area is 120 Å². The molecule has 0 bridgehead atoms. The number of ether oxygens (including phenoxy) is 1. The van der Waals surface area contributed by atoms with E-state index in [2.05, 4.69) is 9.73 Å². The second-order valence-corrected chi connectivity index (χ2v) is 4.07. The molecule has 0 aliphatic rings. The monoisotopic (exact) mass is 297 g/mol. The van der Waals surface area contributed by atoms with E-state index in [4.69, 9.17) is 16.7 Å². The van der Waals surface area contributed by atoms with Crippen LogP contribution in [-0.2, 0) is 9.53 Å². The standard InChI is InChI=1S/C13H12ClNO5/c1-7(16)9(13(19)20-2)6-15-10-5-3-4-8(11(10)14)12(17)18/h3-6,16H,1-2H3,(H,17,18). The molecule has 1 aromatic carbocycles. The topological polar surface area (TPSA) is 96.2 Å². The molecule has 0 heterocycles. The Kier molecular flexibility index (Phi) is 5.28. The van der Waals surface area contributed by atoms with Gasteiger partial charge in [0.2, 0.25) is 0 Å². The van der Waals surface area contributed by atoms with Crippen LogP contribution in [0.1, 0.15) is 17.3 Å². The minimum atomic E-state index is -1.19. The lowest BCUT2D eigenvalue weighted by Crippen LogP contribution is -2.08. The second kappa shape index (κ2) is 6.72. The molecule has 0 aliphatic heterocycles. The van der Waals surface area contributed by atoms with Crippen LogP contribution in [0, 0.1) is 0 Å². The first-order chi connectivity index (χ1) is 9.38. The predicted molar refractivity (Wildman–Crippen MR) is 73.9 cm³/mol. The maximum absolute atomic E-state index is 11.4. The number of aromatic carboxylic acids is 1. The number of rotatable bonds is 4. The molecule has 20 heavy (non-hydrogen) atoms. The molecule has 106 valence electrons. The Morgan fingerprint density at radius 2 is 2.00 bits per heavy atom. The molecule has 0 amide bonds. The van der Waals surface area contributed by atoms with Crippen LogP contribution in [0.4, 0.5) is 5.69 Å². The number of carboxylic acid groups (broad SMARTS) is 1. The summed E-state index contributed by atoms with van der Waals surface area (Å²) in [6.45, 7) is 1.30. The number of hydrogen-bond acceptors (Lipinski definition) is 5. The molecule has 2 N–H and O–H groups in total. The quantitative estimate of drug-likeness (QED) is 0.385. The first kappa shape index (κ1) is 15.7. The highest BCUT2D eigenvalue weighted by atomic mass is 35.5. The van der Waals surface area contributed by atoms with Gasteiger partial charge in [0.15, 0.2) is 0 Å². The number of aliphatic hydroxyl groups excluding tert-OH is 1. The third-order valence-corrected chi connectivity index (χ3v) is 2.73. The minimum absolute atomic E-state index is 0.0592. The smallest absolute Gasteiger partial charge is 0.342 e. The molecule has 1 aromatic rings. The maximum Gasteiger partial charge on any atom is 0.342 e. The van der Waals surface area contributed by atoms with Gasteiger partial charge < -0.3 is 14.9 Å². The Bertz CT molecular complexity index is 603. The fourth-order valence-electron chi connectivity index (χ4n) is 1.32. The molecular formula is C13H12ClNO5. The van der Waals surface area contributed by atoms with E-state index in [9.17, 15) is 14.7 Å². The van der Waals surface area contributed by atoms with E-state index >= 15 is 0 Å². The summed E-state index contributed by atoms with van der Waals surface area (Å²) in [6.07, 6.45) is 1.06. The van der Waals surface area contributed by atoms with Crippen LogP contribution in [-0.4, -0.2) is 35.5 Å². The predicted octanol–water partition coefficient (Wildman–Crippen LogP) is 2.75. The molecule has 0 aliphatic carbocycles. The van der Waals surface area contributed by atoms with Crippen LogP contribution >= 0.6 is 11.6 Å². The van der Waals surface area contributed by atoms with E-state index < -0.39 is 11.9 Å². The zero-order chi connectivity index (χ0) is 15.3. The summed E-state index contributed by atoms with van der Waals surface area (Å²) in [4.78, 5) is 26.2. The van der Waals surface area contributed by atoms with Crippen molar-refractivity contribution in [2.45, 2.75) is 6.92 Å². The fraction of sp³-hybridized carbons (Fsp3) is 0.154. The van der Waals surface area contributed by atoms with Gasteiger partial charge in [0.25, 0.3) is 0 Å². The number of hydrogen-bond donors (Lipinski definition) is 2. The van der Waals surface area contributed by atoms with Gasteiger partial charge in [-0.05, 0) is 19.1 Å². The van der Waals surface area contributed by atoms with Crippen LogP contribution in [0.5, 0.6) is 0 Å². The van der Waals surface area contributed by atoms with Crippen molar-refractivity contribution in [1.29, 1.82) is 0 Å². The minimum Gasteiger partial charge on any atom is -0.512 e. The fourth-order valence-corrected chi connectivity index (χ4v) is 1.58. The van der Waals surface area contributed by atoms with Crippen LogP contribution in [0.2, 0.25) is 5.02 Å². The molecule has 0 saturated carbocycles. The van der Waals surface area contributed by atoms with Crippen LogP contribution in [0.15, 0.2) is 34.5 Å². The number of carbonyl (C=O) groups is 2. The highest BCUT2D eigenvalue weighted by Crippen LogP contribution is 2.28. The van der Waals surface area contributed by atoms with Gasteiger partial charge in [-0.15, -0.1) is 0 Å². The van der Waals surface area contributed by atoms with E-state index in [1.54, 1.807) is 0 Å². The van der Waals surface area contributed by atoms with E-state index in [0.717, 1.165) is 13.3 Å². The summed E-state index contributed by atoms with van der Waals surface area (Å²) >= 11 is 5.89. The average Bonchev–Trinajstić information content (AvgIpc) is 2.39. The highest BCUT2D eigenvalue weighted by molar-refractivity contribution is 6.36. The Morgan fingerprint density at radius 1 is 1.35 bits per heavy atom. The number of aliphatic hydroxyl groups is 1. The molecule has 1 rings (SSSR count). The summed E-state index contributed by atoms with van der Waals surface area (Å²) in [5.74, 6) is -2.22. The van der Waals surface area contributed by atoms with Crippen LogP contribution in [0.3, 0.4) is 0 Å². The Morgan fingerprint density at radius 3 is 2.50 bits per heavy atom. The molecule has 0 spiro atoms. The zero-order valence-electron chi connectivity index (χ0n) is 10.8. The van der Waals surface area contributed by atoms with E-state index in [-0.39, 0.29) is 27.6 Å². The van der Waals surface area contributed by atoms with Crippen molar-refractivity contribution in [1.82, 2.24) is 0 Å². The van der Waals surface area contributed by atoms with Gasteiger partial charge in [-0.25, -0.2) is 9.59 Å². The summed E-state index contributed by atoms with van der Waals surface area (Å²) in [5.41, 5.74) is -0.0934. The van der Waals surface area contributed by atoms with E-state index in [1.807, 2.05) is 0 Å². The van der Waals surface area contributed by atoms with Crippen molar-refractivity contribution in [2.24, 2.45) is 4.99 Å². The maximum atomic E-state index is 11.4. The largest absolute Gasteiger partial charge is 0.512 e. The first-order valence-corrected chi connectivity index (χ1v) is 5.80. The number of aliphatic imine (C=N–C) groups is 1. The third-order valence-electron chi connectivity index (χ3n) is 2.34. The van der Waals surface area contributed by atoms with Crippen molar-refractivity contribution in [3.63, 3.8) is 0 Å². The van der Waals surface area contributed by atoms with Crippen molar-refractivity contribution >= 4 is 35.4 Å². The number of carboxylic acids is 1. The Balaban J connectivity index is 3.19. The van der Waals surface area contributed by atoms with Gasteiger partial charge in [0, 0.05) is 6.21 Å². The van der Waals surface area contributed by atoms with Crippen molar-refractivity contribution in [3.8, 4) is 0 Å². The number of halogens is 1. The highest BCUT2D eigenvalue weighted by Gasteiger charge is 2.13. The van der Waals surface area contributed by atoms with E-state index in [1.165, 1.54) is 25.1 Å². The van der Waals surface area contributed by atoms with Gasteiger partial charge >= 0.3 is 11.9 Å².